The highest BCUT2D eigenvalue weighted by Crippen LogP contribution is 2.11. The first kappa shape index (κ1) is 7.73. The molecule has 0 atom stereocenters. The number of hydrogen-bond donors (Lipinski definition) is 0. The van der Waals surface area contributed by atoms with E-state index in [0.717, 1.165) is 10.3 Å². The fraction of sp³-hybridized carbons (Fsp3) is 0. The fourth-order valence-electron chi connectivity index (χ4n) is 1.16. The van der Waals surface area contributed by atoms with E-state index in [2.05, 4.69) is 4.98 Å². The van der Waals surface area contributed by atoms with Crippen molar-refractivity contribution in [1.82, 2.24) is 4.98 Å². The van der Waals surface area contributed by atoms with Crippen LogP contribution in [0.1, 0.15) is 0 Å². The Bertz CT molecular complexity index is 401. The van der Waals surface area contributed by atoms with Gasteiger partial charge in [-0.3, -0.25) is 4.98 Å². The van der Waals surface area contributed by atoms with E-state index in [4.69, 9.17) is 0 Å². The smallest absolute Gasteiger partial charge is 0.242 e. The van der Waals surface area contributed by atoms with Gasteiger partial charge in [0.15, 0.2) is 6.20 Å². The molecule has 0 saturated carbocycles. The summed E-state index contributed by atoms with van der Waals surface area (Å²) in [5.74, 6) is 0. The van der Waals surface area contributed by atoms with Crippen LogP contribution in [0.3, 0.4) is 0 Å². The topological polar surface area (TPSA) is 39.8 Å². The molecule has 0 aliphatic rings. The molecule has 64 valence electrons. The van der Waals surface area contributed by atoms with Gasteiger partial charge in [-0.15, -0.1) is 0 Å². The summed E-state index contributed by atoms with van der Waals surface area (Å²) in [5.41, 5.74) is 1.45. The minimum atomic E-state index is 0.572. The predicted molar refractivity (Wildman–Crippen MR) is 48.6 cm³/mol. The van der Waals surface area contributed by atoms with E-state index < -0.39 is 0 Å². The van der Waals surface area contributed by atoms with E-state index in [-0.39, 0.29) is 0 Å². The summed E-state index contributed by atoms with van der Waals surface area (Å²) in [6.07, 6.45) is 4.42. The van der Waals surface area contributed by atoms with Crippen molar-refractivity contribution in [3.8, 4) is 11.3 Å². The van der Waals surface area contributed by atoms with Gasteiger partial charge in [-0.2, -0.15) is 4.73 Å². The van der Waals surface area contributed by atoms with Gasteiger partial charge in [0.2, 0.25) is 5.69 Å². The fourth-order valence-corrected chi connectivity index (χ4v) is 1.16. The lowest BCUT2D eigenvalue weighted by atomic mass is 10.2. The highest BCUT2D eigenvalue weighted by Gasteiger charge is 2.05. The molecule has 2 rings (SSSR count). The Kier molecular flexibility index (Phi) is 1.92. The molecule has 0 N–H and O–H groups in total. The lowest BCUT2D eigenvalue weighted by molar-refractivity contribution is -0.594. The van der Waals surface area contributed by atoms with Crippen molar-refractivity contribution in [2.24, 2.45) is 0 Å². The Labute approximate surface area is 75.9 Å². The maximum Gasteiger partial charge on any atom is 0.242 e. The second-order valence-electron chi connectivity index (χ2n) is 2.65. The first-order chi connectivity index (χ1) is 6.38. The largest absolute Gasteiger partial charge is 0.618 e. The molecular formula is C10H8N2O. The molecule has 1 heterocycles. The van der Waals surface area contributed by atoms with Crippen molar-refractivity contribution in [2.45, 2.75) is 0 Å². The van der Waals surface area contributed by atoms with Crippen LogP contribution in [0.25, 0.3) is 11.3 Å². The van der Waals surface area contributed by atoms with E-state index in [1.54, 1.807) is 6.20 Å². The summed E-state index contributed by atoms with van der Waals surface area (Å²) < 4.78 is 0.808. The molecule has 0 aliphatic heterocycles. The highest BCUT2D eigenvalue weighted by molar-refractivity contribution is 5.54. The maximum absolute atomic E-state index is 11.3. The van der Waals surface area contributed by atoms with Gasteiger partial charge in [0, 0.05) is 5.56 Å². The molecule has 0 unspecified atom stereocenters. The average molecular weight is 172 g/mol. The van der Waals surface area contributed by atoms with Crippen LogP contribution in [0.4, 0.5) is 0 Å². The van der Waals surface area contributed by atoms with E-state index in [1.165, 1.54) is 12.4 Å². The highest BCUT2D eigenvalue weighted by atomic mass is 16.5. The van der Waals surface area contributed by atoms with Gasteiger partial charge in [-0.05, 0) is 12.1 Å². The lowest BCUT2D eigenvalue weighted by Crippen LogP contribution is -2.28. The number of aromatic nitrogens is 2. The summed E-state index contributed by atoms with van der Waals surface area (Å²) in [5, 5.41) is 11.3. The van der Waals surface area contributed by atoms with Crippen LogP contribution in [0.15, 0.2) is 48.9 Å². The van der Waals surface area contributed by atoms with E-state index in [1.807, 2.05) is 30.3 Å². The van der Waals surface area contributed by atoms with Crippen LogP contribution in [-0.2, 0) is 0 Å². The van der Waals surface area contributed by atoms with E-state index in [0.29, 0.717) is 5.69 Å². The van der Waals surface area contributed by atoms with Crippen molar-refractivity contribution in [2.75, 3.05) is 0 Å². The van der Waals surface area contributed by atoms with Crippen LogP contribution in [0.5, 0.6) is 0 Å². The Morgan fingerprint density at radius 3 is 2.62 bits per heavy atom. The molecule has 0 bridgehead atoms. The SMILES string of the molecule is [O-][n+]1ccncc1-c1ccccc1. The normalized spacial score (nSPS) is 9.85. The zero-order chi connectivity index (χ0) is 9.10. The maximum atomic E-state index is 11.3. The summed E-state index contributed by atoms with van der Waals surface area (Å²) in [6, 6.07) is 9.45. The van der Waals surface area contributed by atoms with E-state index >= 15 is 0 Å². The molecule has 1 aromatic heterocycles. The molecule has 3 heteroatoms. The second-order valence-corrected chi connectivity index (χ2v) is 2.65. The van der Waals surface area contributed by atoms with Crippen LogP contribution in [0.2, 0.25) is 0 Å². The monoisotopic (exact) mass is 172 g/mol. The Balaban J connectivity index is 2.54. The van der Waals surface area contributed by atoms with Crippen LogP contribution in [-0.4, -0.2) is 4.98 Å². The van der Waals surface area contributed by atoms with Crippen molar-refractivity contribution in [1.29, 1.82) is 0 Å². The van der Waals surface area contributed by atoms with Crippen molar-refractivity contribution in [3.63, 3.8) is 0 Å². The van der Waals surface area contributed by atoms with Gasteiger partial charge in [-0.25, -0.2) is 0 Å². The lowest BCUT2D eigenvalue weighted by Gasteiger charge is -2.01. The molecule has 2 aromatic rings. The molecule has 0 radical (unpaired) electrons. The van der Waals surface area contributed by atoms with Gasteiger partial charge in [0.05, 0.1) is 6.20 Å². The molecule has 3 nitrogen and oxygen atoms in total. The quantitative estimate of drug-likeness (QED) is 0.481. The Morgan fingerprint density at radius 2 is 1.92 bits per heavy atom. The molecule has 0 spiro atoms. The summed E-state index contributed by atoms with van der Waals surface area (Å²) in [4.78, 5) is 3.90. The number of nitrogens with zero attached hydrogens (tertiary/aromatic N) is 2. The van der Waals surface area contributed by atoms with Gasteiger partial charge in [0.1, 0.15) is 6.20 Å². The second kappa shape index (κ2) is 3.23. The van der Waals surface area contributed by atoms with Gasteiger partial charge in [0.25, 0.3) is 0 Å². The third-order valence-electron chi connectivity index (χ3n) is 1.79. The molecule has 0 amide bonds. The predicted octanol–water partition coefficient (Wildman–Crippen LogP) is 1.38. The number of benzene rings is 1. The zero-order valence-electron chi connectivity index (χ0n) is 6.92. The molecule has 0 saturated heterocycles. The number of rotatable bonds is 1. The summed E-state index contributed by atoms with van der Waals surface area (Å²) >= 11 is 0. The van der Waals surface area contributed by atoms with Crippen molar-refractivity contribution >= 4 is 0 Å². The van der Waals surface area contributed by atoms with Gasteiger partial charge < -0.3 is 5.21 Å². The van der Waals surface area contributed by atoms with Crippen molar-refractivity contribution < 1.29 is 4.73 Å². The molecular weight excluding hydrogens is 164 g/mol. The first-order valence-electron chi connectivity index (χ1n) is 3.96. The standard InChI is InChI=1S/C10H8N2O/c13-12-7-6-11-8-10(12)9-4-2-1-3-5-9/h1-8H. The minimum absolute atomic E-state index is 0.572. The minimum Gasteiger partial charge on any atom is -0.618 e. The Morgan fingerprint density at radius 1 is 1.15 bits per heavy atom. The van der Waals surface area contributed by atoms with Crippen LogP contribution < -0.4 is 4.73 Å². The molecule has 0 aliphatic carbocycles. The number of hydrogen-bond acceptors (Lipinski definition) is 2. The summed E-state index contributed by atoms with van der Waals surface area (Å²) in [6.45, 7) is 0. The third kappa shape index (κ3) is 1.49. The third-order valence-corrected chi connectivity index (χ3v) is 1.79. The zero-order valence-corrected chi connectivity index (χ0v) is 6.92. The van der Waals surface area contributed by atoms with Gasteiger partial charge >= 0.3 is 0 Å². The summed E-state index contributed by atoms with van der Waals surface area (Å²) in [7, 11) is 0. The molecule has 1 aromatic carbocycles. The average Bonchev–Trinajstić information content (AvgIpc) is 2.20. The van der Waals surface area contributed by atoms with Crippen molar-refractivity contribution in [3.05, 3.63) is 54.1 Å². The van der Waals surface area contributed by atoms with Crippen LogP contribution >= 0.6 is 0 Å². The molecule has 0 fully saturated rings. The Hall–Kier alpha value is -1.90. The molecule has 13 heavy (non-hydrogen) atoms. The van der Waals surface area contributed by atoms with Gasteiger partial charge in [-0.1, -0.05) is 18.2 Å². The first-order valence-corrected chi connectivity index (χ1v) is 3.96. The van der Waals surface area contributed by atoms with Crippen LogP contribution in [0, 0.1) is 5.21 Å². The van der Waals surface area contributed by atoms with E-state index in [9.17, 15) is 5.21 Å².